The minimum absolute atomic E-state index is 0.280. The third kappa shape index (κ3) is 1.79. The lowest BCUT2D eigenvalue weighted by Crippen LogP contribution is -2.46. The predicted molar refractivity (Wildman–Crippen MR) is 81.6 cm³/mol. The first kappa shape index (κ1) is 12.4. The Morgan fingerprint density at radius 3 is 2.58 bits per heavy atom. The molecule has 0 aliphatic heterocycles. The molecule has 0 heterocycles. The second-order valence-corrected chi connectivity index (χ2v) is 5.24. The molecule has 2 unspecified atom stereocenters. The number of benzene rings is 1. The van der Waals surface area contributed by atoms with Crippen LogP contribution in [0.5, 0.6) is 0 Å². The maximum Gasteiger partial charge on any atom is 0.0602 e. The van der Waals surface area contributed by atoms with Crippen molar-refractivity contribution < 1.29 is 0 Å². The van der Waals surface area contributed by atoms with Crippen LogP contribution in [0.25, 0.3) is 5.57 Å². The van der Waals surface area contributed by atoms with Gasteiger partial charge in [-0.15, -0.1) is 0 Å². The van der Waals surface area contributed by atoms with E-state index in [1.807, 2.05) is 14.1 Å². The van der Waals surface area contributed by atoms with Gasteiger partial charge in [-0.05, 0) is 31.5 Å². The number of likely N-dealkylation sites (N-methyl/N-ethyl adjacent to an activating group) is 1. The quantitative estimate of drug-likeness (QED) is 0.763. The molecule has 3 rings (SSSR count). The number of allylic oxidation sites excluding steroid dienone is 2. The molecule has 0 saturated carbocycles. The summed E-state index contributed by atoms with van der Waals surface area (Å²) in [5.74, 6) is 0.423. The lowest BCUT2D eigenvalue weighted by molar-refractivity contribution is 0.589. The van der Waals surface area contributed by atoms with Crippen LogP contribution in [0.1, 0.15) is 24.5 Å². The largest absolute Gasteiger partial charge is 0.311 e. The van der Waals surface area contributed by atoms with Crippen molar-refractivity contribution in [3.05, 3.63) is 53.1 Å². The number of fused-ring (bicyclic) bond motifs is 3. The van der Waals surface area contributed by atoms with Gasteiger partial charge < -0.3 is 5.32 Å². The summed E-state index contributed by atoms with van der Waals surface area (Å²) in [5.41, 5.74) is 6.72. The smallest absolute Gasteiger partial charge is 0.0602 e. The van der Waals surface area contributed by atoms with Crippen molar-refractivity contribution in [2.45, 2.75) is 19.4 Å². The number of nitrogens with one attached hydrogen (secondary N) is 1. The highest BCUT2D eigenvalue weighted by Gasteiger charge is 2.37. The van der Waals surface area contributed by atoms with Crippen molar-refractivity contribution in [1.29, 1.82) is 0 Å². The SMILES string of the molecule is CN=C1c2ccccc2C2=CCC=C(C)C2C1NC. The molecule has 0 saturated heterocycles. The van der Waals surface area contributed by atoms with Crippen LogP contribution in [-0.2, 0) is 0 Å². The van der Waals surface area contributed by atoms with Gasteiger partial charge in [0, 0.05) is 18.5 Å². The van der Waals surface area contributed by atoms with E-state index in [1.54, 1.807) is 0 Å². The van der Waals surface area contributed by atoms with Gasteiger partial charge in [-0.2, -0.15) is 0 Å². The number of aliphatic imine (C=N–C) groups is 1. The maximum atomic E-state index is 4.57. The highest BCUT2D eigenvalue weighted by molar-refractivity contribution is 6.12. The molecular formula is C17H20N2. The molecule has 19 heavy (non-hydrogen) atoms. The molecule has 2 aliphatic rings. The third-order valence-corrected chi connectivity index (χ3v) is 4.30. The normalized spacial score (nSPS) is 27.4. The lowest BCUT2D eigenvalue weighted by atomic mass is 9.70. The highest BCUT2D eigenvalue weighted by Crippen LogP contribution is 2.42. The fourth-order valence-corrected chi connectivity index (χ4v) is 3.44. The van der Waals surface area contributed by atoms with Gasteiger partial charge in [-0.1, -0.05) is 42.0 Å². The van der Waals surface area contributed by atoms with Gasteiger partial charge in [0.25, 0.3) is 0 Å². The molecule has 0 spiro atoms. The zero-order chi connectivity index (χ0) is 13.4. The van der Waals surface area contributed by atoms with E-state index in [4.69, 9.17) is 0 Å². The molecule has 0 bridgehead atoms. The predicted octanol–water partition coefficient (Wildman–Crippen LogP) is 3.06. The topological polar surface area (TPSA) is 24.4 Å². The molecule has 2 nitrogen and oxygen atoms in total. The van der Waals surface area contributed by atoms with Crippen LogP contribution >= 0.6 is 0 Å². The fourth-order valence-electron chi connectivity index (χ4n) is 3.44. The number of nitrogens with zero attached hydrogens (tertiary/aromatic N) is 1. The summed E-state index contributed by atoms with van der Waals surface area (Å²) >= 11 is 0. The van der Waals surface area contributed by atoms with Gasteiger partial charge >= 0.3 is 0 Å². The Balaban J connectivity index is 2.25. The second-order valence-electron chi connectivity index (χ2n) is 5.24. The number of hydrogen-bond donors (Lipinski definition) is 1. The maximum absolute atomic E-state index is 4.57. The van der Waals surface area contributed by atoms with Crippen LogP contribution in [0, 0.1) is 5.92 Å². The van der Waals surface area contributed by atoms with Gasteiger partial charge in [0.1, 0.15) is 0 Å². The molecule has 0 fully saturated rings. The Labute approximate surface area is 115 Å². The zero-order valence-electron chi connectivity index (χ0n) is 11.8. The number of rotatable bonds is 1. The highest BCUT2D eigenvalue weighted by atomic mass is 14.9. The van der Waals surface area contributed by atoms with Crippen LogP contribution in [0.15, 0.2) is 47.0 Å². The molecular weight excluding hydrogens is 232 g/mol. The van der Waals surface area contributed by atoms with Crippen LogP contribution in [-0.4, -0.2) is 25.8 Å². The summed E-state index contributed by atoms with van der Waals surface area (Å²) in [6.07, 6.45) is 5.74. The van der Waals surface area contributed by atoms with Crippen molar-refractivity contribution in [3.63, 3.8) is 0 Å². The monoisotopic (exact) mass is 252 g/mol. The van der Waals surface area contributed by atoms with E-state index in [2.05, 4.69) is 53.7 Å². The fraction of sp³-hybridized carbons (Fsp3) is 0.353. The van der Waals surface area contributed by atoms with Gasteiger partial charge in [-0.25, -0.2) is 0 Å². The summed E-state index contributed by atoms with van der Waals surface area (Å²) < 4.78 is 0. The Bertz CT molecular complexity index is 593. The summed E-state index contributed by atoms with van der Waals surface area (Å²) in [5, 5.41) is 3.46. The van der Waals surface area contributed by atoms with Crippen LogP contribution < -0.4 is 5.32 Å². The first-order chi connectivity index (χ1) is 9.27. The van der Waals surface area contributed by atoms with Crippen LogP contribution in [0.2, 0.25) is 0 Å². The average Bonchev–Trinajstić information content (AvgIpc) is 2.46. The van der Waals surface area contributed by atoms with E-state index < -0.39 is 0 Å². The van der Waals surface area contributed by atoms with Gasteiger partial charge in [-0.3, -0.25) is 4.99 Å². The van der Waals surface area contributed by atoms with E-state index in [0.29, 0.717) is 5.92 Å². The Morgan fingerprint density at radius 1 is 1.16 bits per heavy atom. The molecule has 2 heteroatoms. The molecule has 0 aromatic heterocycles. The van der Waals surface area contributed by atoms with Crippen LogP contribution in [0.3, 0.4) is 0 Å². The van der Waals surface area contributed by atoms with Crippen molar-refractivity contribution >= 4 is 11.3 Å². The van der Waals surface area contributed by atoms with E-state index in [-0.39, 0.29) is 6.04 Å². The molecule has 0 radical (unpaired) electrons. The molecule has 1 N–H and O–H groups in total. The second kappa shape index (κ2) is 4.78. The summed E-state index contributed by atoms with van der Waals surface area (Å²) in [7, 11) is 3.93. The summed E-state index contributed by atoms with van der Waals surface area (Å²) in [6.45, 7) is 2.24. The van der Waals surface area contributed by atoms with Crippen molar-refractivity contribution in [1.82, 2.24) is 5.32 Å². The Morgan fingerprint density at radius 2 is 1.89 bits per heavy atom. The average molecular weight is 252 g/mol. The van der Waals surface area contributed by atoms with E-state index >= 15 is 0 Å². The van der Waals surface area contributed by atoms with E-state index in [0.717, 1.165) is 6.42 Å². The molecule has 0 amide bonds. The lowest BCUT2D eigenvalue weighted by Gasteiger charge is -2.38. The summed E-state index contributed by atoms with van der Waals surface area (Å²) in [6, 6.07) is 8.92. The third-order valence-electron chi connectivity index (χ3n) is 4.30. The van der Waals surface area contributed by atoms with Gasteiger partial charge in [0.15, 0.2) is 0 Å². The molecule has 2 atom stereocenters. The number of hydrogen-bond acceptors (Lipinski definition) is 2. The molecule has 98 valence electrons. The van der Waals surface area contributed by atoms with Crippen molar-refractivity contribution in [2.24, 2.45) is 10.9 Å². The minimum atomic E-state index is 0.280. The molecule has 2 aliphatic carbocycles. The standard InChI is InChI=1S/C17H20N2/c1-11-7-6-10-13-12-8-4-5-9-14(12)16(18-2)17(19-3)15(11)13/h4-5,7-10,15,17,19H,6H2,1-3H3. The Hall–Kier alpha value is -1.67. The van der Waals surface area contributed by atoms with Crippen molar-refractivity contribution in [2.75, 3.05) is 14.1 Å². The van der Waals surface area contributed by atoms with Gasteiger partial charge in [0.05, 0.1) is 11.8 Å². The molecule has 1 aromatic rings. The van der Waals surface area contributed by atoms with E-state index in [1.165, 1.54) is 28.0 Å². The minimum Gasteiger partial charge on any atom is -0.311 e. The zero-order valence-corrected chi connectivity index (χ0v) is 11.8. The first-order valence-corrected chi connectivity index (χ1v) is 6.88. The van der Waals surface area contributed by atoms with Gasteiger partial charge in [0.2, 0.25) is 0 Å². The van der Waals surface area contributed by atoms with Crippen LogP contribution in [0.4, 0.5) is 0 Å². The molecule has 1 aromatic carbocycles. The van der Waals surface area contributed by atoms with Crippen molar-refractivity contribution in [3.8, 4) is 0 Å². The first-order valence-electron chi connectivity index (χ1n) is 6.88. The summed E-state index contributed by atoms with van der Waals surface area (Å²) in [4.78, 5) is 4.57. The van der Waals surface area contributed by atoms with E-state index in [9.17, 15) is 0 Å². The Kier molecular flexibility index (Phi) is 3.11.